The molecule has 0 saturated carbocycles. The number of ether oxygens (including phenoxy) is 2. The molecule has 2 aliphatic rings. The van der Waals surface area contributed by atoms with Gasteiger partial charge < -0.3 is 15.2 Å². The molecule has 3 rings (SSSR count). The Kier molecular flexibility index (Phi) is 3.94. The quantitative estimate of drug-likeness (QED) is 0.854. The fourth-order valence-corrected chi connectivity index (χ4v) is 3.28. The molecule has 21 heavy (non-hydrogen) atoms. The second kappa shape index (κ2) is 5.59. The summed E-state index contributed by atoms with van der Waals surface area (Å²) in [5.74, 6) is -3.83. The lowest BCUT2D eigenvalue weighted by Crippen LogP contribution is -2.43. The standard InChI is InChI=1S/C15H18F3NO2/c16-11-5-10(6-12(17)13(11)18)14(19)9-1-3-21-15(7-9)2-4-20-8-15/h5-6,9,14H,1-4,7-8,19H2. The van der Waals surface area contributed by atoms with Crippen LogP contribution in [0.25, 0.3) is 0 Å². The van der Waals surface area contributed by atoms with Crippen LogP contribution in [-0.2, 0) is 9.47 Å². The van der Waals surface area contributed by atoms with Crippen molar-refractivity contribution in [3.05, 3.63) is 35.1 Å². The first-order chi connectivity index (χ1) is 10.0. The van der Waals surface area contributed by atoms with Gasteiger partial charge in [0, 0.05) is 25.7 Å². The zero-order chi connectivity index (χ0) is 15.0. The van der Waals surface area contributed by atoms with Gasteiger partial charge in [0.25, 0.3) is 0 Å². The van der Waals surface area contributed by atoms with Crippen LogP contribution in [0.5, 0.6) is 0 Å². The highest BCUT2D eigenvalue weighted by Gasteiger charge is 2.42. The fourth-order valence-electron chi connectivity index (χ4n) is 3.28. The molecule has 6 heteroatoms. The molecular formula is C15H18F3NO2. The third kappa shape index (κ3) is 2.80. The molecule has 0 aromatic heterocycles. The number of hydrogen-bond donors (Lipinski definition) is 1. The number of benzene rings is 1. The highest BCUT2D eigenvalue weighted by molar-refractivity contribution is 5.23. The topological polar surface area (TPSA) is 44.5 Å². The third-order valence-corrected chi connectivity index (χ3v) is 4.50. The van der Waals surface area contributed by atoms with Crippen LogP contribution < -0.4 is 5.73 Å². The van der Waals surface area contributed by atoms with Gasteiger partial charge in [0.2, 0.25) is 0 Å². The Morgan fingerprint density at radius 3 is 2.52 bits per heavy atom. The minimum absolute atomic E-state index is 0.0321. The van der Waals surface area contributed by atoms with Gasteiger partial charge >= 0.3 is 0 Å². The molecule has 3 unspecified atom stereocenters. The Bertz CT molecular complexity index is 509. The molecule has 2 heterocycles. The van der Waals surface area contributed by atoms with Crippen LogP contribution in [0.2, 0.25) is 0 Å². The third-order valence-electron chi connectivity index (χ3n) is 4.50. The van der Waals surface area contributed by atoms with Gasteiger partial charge in [0.05, 0.1) is 12.2 Å². The monoisotopic (exact) mass is 301 g/mol. The van der Waals surface area contributed by atoms with E-state index in [0.29, 0.717) is 32.7 Å². The van der Waals surface area contributed by atoms with Crippen molar-refractivity contribution in [2.45, 2.75) is 30.9 Å². The molecule has 2 N–H and O–H groups in total. The molecule has 2 aliphatic heterocycles. The summed E-state index contributed by atoms with van der Waals surface area (Å²) in [6, 6.07) is 1.42. The van der Waals surface area contributed by atoms with Gasteiger partial charge in [-0.05, 0) is 36.5 Å². The van der Waals surface area contributed by atoms with Crippen LogP contribution >= 0.6 is 0 Å². The largest absolute Gasteiger partial charge is 0.378 e. The van der Waals surface area contributed by atoms with Crippen molar-refractivity contribution < 1.29 is 22.6 Å². The Morgan fingerprint density at radius 2 is 1.90 bits per heavy atom. The molecular weight excluding hydrogens is 283 g/mol. The van der Waals surface area contributed by atoms with E-state index in [1.54, 1.807) is 0 Å². The second-order valence-electron chi connectivity index (χ2n) is 5.91. The molecule has 2 fully saturated rings. The summed E-state index contributed by atoms with van der Waals surface area (Å²) in [5, 5.41) is 0. The molecule has 0 bridgehead atoms. The Balaban J connectivity index is 1.79. The first-order valence-corrected chi connectivity index (χ1v) is 7.12. The van der Waals surface area contributed by atoms with Gasteiger partial charge in [-0.15, -0.1) is 0 Å². The zero-order valence-electron chi connectivity index (χ0n) is 11.6. The summed E-state index contributed by atoms with van der Waals surface area (Å²) in [7, 11) is 0. The van der Waals surface area contributed by atoms with Gasteiger partial charge in [-0.3, -0.25) is 0 Å². The molecule has 0 amide bonds. The minimum atomic E-state index is -1.46. The lowest BCUT2D eigenvalue weighted by atomic mass is 9.79. The summed E-state index contributed by atoms with van der Waals surface area (Å²) in [5.41, 5.74) is 6.12. The molecule has 0 radical (unpaired) electrons. The van der Waals surface area contributed by atoms with E-state index in [9.17, 15) is 13.2 Å². The predicted molar refractivity (Wildman–Crippen MR) is 70.1 cm³/mol. The van der Waals surface area contributed by atoms with E-state index >= 15 is 0 Å². The summed E-state index contributed by atoms with van der Waals surface area (Å²) in [6.45, 7) is 1.73. The zero-order valence-corrected chi connectivity index (χ0v) is 11.6. The lowest BCUT2D eigenvalue weighted by Gasteiger charge is -2.39. The second-order valence-corrected chi connectivity index (χ2v) is 5.91. The van der Waals surface area contributed by atoms with Gasteiger partial charge in [-0.2, -0.15) is 0 Å². The Hall–Kier alpha value is -1.11. The molecule has 0 aliphatic carbocycles. The molecule has 1 spiro atoms. The van der Waals surface area contributed by atoms with Crippen molar-refractivity contribution in [1.82, 2.24) is 0 Å². The average molecular weight is 301 g/mol. The van der Waals surface area contributed by atoms with E-state index in [2.05, 4.69) is 0 Å². The van der Waals surface area contributed by atoms with Crippen LogP contribution in [0, 0.1) is 23.4 Å². The lowest BCUT2D eigenvalue weighted by molar-refractivity contribution is -0.101. The smallest absolute Gasteiger partial charge is 0.194 e. The Labute approximate surface area is 121 Å². The number of hydrogen-bond acceptors (Lipinski definition) is 3. The van der Waals surface area contributed by atoms with Crippen LogP contribution in [0.15, 0.2) is 12.1 Å². The van der Waals surface area contributed by atoms with Crippen LogP contribution in [0.1, 0.15) is 30.9 Å². The average Bonchev–Trinajstić information content (AvgIpc) is 2.91. The van der Waals surface area contributed by atoms with Crippen molar-refractivity contribution in [2.75, 3.05) is 19.8 Å². The van der Waals surface area contributed by atoms with Crippen LogP contribution in [0.3, 0.4) is 0 Å². The molecule has 2 saturated heterocycles. The molecule has 1 aromatic rings. The maximum Gasteiger partial charge on any atom is 0.194 e. The van der Waals surface area contributed by atoms with Crippen molar-refractivity contribution in [1.29, 1.82) is 0 Å². The predicted octanol–water partition coefficient (Wildman–Crippen LogP) is 2.69. The summed E-state index contributed by atoms with van der Waals surface area (Å²) in [4.78, 5) is 0. The maximum atomic E-state index is 13.3. The van der Waals surface area contributed by atoms with Gasteiger partial charge in [0.15, 0.2) is 17.5 Å². The molecule has 116 valence electrons. The van der Waals surface area contributed by atoms with Gasteiger partial charge in [-0.1, -0.05) is 0 Å². The van der Waals surface area contributed by atoms with E-state index in [1.807, 2.05) is 0 Å². The van der Waals surface area contributed by atoms with Crippen molar-refractivity contribution >= 4 is 0 Å². The van der Waals surface area contributed by atoms with Crippen LogP contribution in [0.4, 0.5) is 13.2 Å². The van der Waals surface area contributed by atoms with Gasteiger partial charge in [0.1, 0.15) is 0 Å². The van der Waals surface area contributed by atoms with E-state index in [-0.39, 0.29) is 17.1 Å². The minimum Gasteiger partial charge on any atom is -0.378 e. The number of halogens is 3. The van der Waals surface area contributed by atoms with Crippen LogP contribution in [-0.4, -0.2) is 25.4 Å². The van der Waals surface area contributed by atoms with E-state index in [0.717, 1.165) is 18.6 Å². The van der Waals surface area contributed by atoms with E-state index in [4.69, 9.17) is 15.2 Å². The van der Waals surface area contributed by atoms with Crippen molar-refractivity contribution in [3.8, 4) is 0 Å². The SMILES string of the molecule is NC(c1cc(F)c(F)c(F)c1)C1CCOC2(CCOC2)C1. The summed E-state index contributed by atoms with van der Waals surface area (Å²) < 4.78 is 50.9. The first kappa shape index (κ1) is 14.8. The van der Waals surface area contributed by atoms with E-state index in [1.165, 1.54) is 0 Å². The summed E-state index contributed by atoms with van der Waals surface area (Å²) >= 11 is 0. The normalized spacial score (nSPS) is 30.8. The van der Waals surface area contributed by atoms with Crippen molar-refractivity contribution in [3.63, 3.8) is 0 Å². The van der Waals surface area contributed by atoms with Gasteiger partial charge in [-0.25, -0.2) is 13.2 Å². The molecule has 3 nitrogen and oxygen atoms in total. The number of rotatable bonds is 2. The van der Waals surface area contributed by atoms with Crippen molar-refractivity contribution in [2.24, 2.45) is 11.7 Å². The Morgan fingerprint density at radius 1 is 1.19 bits per heavy atom. The molecule has 1 aromatic carbocycles. The highest BCUT2D eigenvalue weighted by atomic mass is 19.2. The highest BCUT2D eigenvalue weighted by Crippen LogP contribution is 2.40. The molecule has 3 atom stereocenters. The number of nitrogens with two attached hydrogens (primary N) is 1. The maximum absolute atomic E-state index is 13.3. The summed E-state index contributed by atoms with van der Waals surface area (Å²) in [6.07, 6.45) is 2.21. The first-order valence-electron chi connectivity index (χ1n) is 7.12. The van der Waals surface area contributed by atoms with E-state index < -0.39 is 23.5 Å². The fraction of sp³-hybridized carbons (Fsp3) is 0.600.